The summed E-state index contributed by atoms with van der Waals surface area (Å²) in [5.41, 5.74) is -3.14. The summed E-state index contributed by atoms with van der Waals surface area (Å²) in [7, 11) is 1.41. The normalized spacial score (nSPS) is 21.6. The Bertz CT molecular complexity index is 1790. The maximum atomic E-state index is 15.2. The van der Waals surface area contributed by atoms with Crippen LogP contribution in [-0.4, -0.2) is 65.0 Å². The zero-order valence-corrected chi connectivity index (χ0v) is 24.1. The highest BCUT2D eigenvalue weighted by Gasteiger charge is 2.41. The van der Waals surface area contributed by atoms with Gasteiger partial charge < -0.3 is 14.5 Å². The summed E-state index contributed by atoms with van der Waals surface area (Å²) >= 11 is 6.87. The van der Waals surface area contributed by atoms with Crippen molar-refractivity contribution in [2.24, 2.45) is 0 Å². The molecule has 14 heteroatoms. The number of rotatable bonds is 5. The van der Waals surface area contributed by atoms with Crippen LogP contribution in [0.25, 0.3) is 22.0 Å². The first-order chi connectivity index (χ1) is 21.1. The fourth-order valence-corrected chi connectivity index (χ4v) is 7.29. The van der Waals surface area contributed by atoms with Gasteiger partial charge in [-0.3, -0.25) is 9.36 Å². The van der Waals surface area contributed by atoms with Crippen LogP contribution >= 0.6 is 23.4 Å². The third-order valence-electron chi connectivity index (χ3n) is 7.43. The molecule has 2 aromatic carbocycles. The standard InChI is InChI=1S/C28H26ClF5N4O3S/c1-5-22(39)37-13(2)9-36(10-14(37)3)26-17-6-18(28(32,33)34)23(16-7-19(29)21(31)8-20(16)30)25-24(17)38(27(40)35-26)15(11-41-4)12-42-25/h5-8,13-15H,1,9-12H2,2-4H3/t13-,14+,15-/m0/s1/i1D2,5D. The van der Waals surface area contributed by atoms with Crippen LogP contribution in [0.3, 0.4) is 0 Å². The van der Waals surface area contributed by atoms with Crippen molar-refractivity contribution >= 4 is 46.0 Å². The Morgan fingerprint density at radius 3 is 2.57 bits per heavy atom. The van der Waals surface area contributed by atoms with E-state index in [2.05, 4.69) is 4.98 Å². The molecule has 3 atom stereocenters. The number of alkyl halides is 3. The minimum atomic E-state index is -5.03. The lowest BCUT2D eigenvalue weighted by atomic mass is 9.95. The van der Waals surface area contributed by atoms with Crippen molar-refractivity contribution < 1.29 is 35.6 Å². The number of piperazine rings is 1. The van der Waals surface area contributed by atoms with Crippen LogP contribution < -0.4 is 10.6 Å². The second-order valence-corrected chi connectivity index (χ2v) is 11.7. The number of benzene rings is 2. The number of hydrogen-bond donors (Lipinski definition) is 0. The molecule has 0 N–H and O–H groups in total. The zero-order chi connectivity index (χ0) is 33.1. The monoisotopic (exact) mass is 631 g/mol. The summed E-state index contributed by atoms with van der Waals surface area (Å²) in [6, 6.07) is -0.750. The Kier molecular flexibility index (Phi) is 7.03. The number of amides is 1. The summed E-state index contributed by atoms with van der Waals surface area (Å²) in [6.45, 7) is 2.32. The van der Waals surface area contributed by atoms with E-state index in [0.29, 0.717) is 6.07 Å². The van der Waals surface area contributed by atoms with Crippen LogP contribution in [0.5, 0.6) is 0 Å². The number of anilines is 1. The number of ether oxygens (including phenoxy) is 1. The number of halogens is 6. The average molecular weight is 632 g/mol. The molecule has 1 fully saturated rings. The van der Waals surface area contributed by atoms with Crippen LogP contribution in [0, 0.1) is 11.6 Å². The number of nitrogens with zero attached hydrogens (tertiary/aromatic N) is 4. The fraction of sp³-hybridized carbons (Fsp3) is 0.393. The molecule has 7 nitrogen and oxygen atoms in total. The number of aromatic nitrogens is 2. The maximum Gasteiger partial charge on any atom is 0.417 e. The van der Waals surface area contributed by atoms with Crippen molar-refractivity contribution in [3.05, 3.63) is 63.5 Å². The molecule has 0 aliphatic carbocycles. The second kappa shape index (κ2) is 11.2. The van der Waals surface area contributed by atoms with Gasteiger partial charge in [-0.05, 0) is 32.0 Å². The van der Waals surface area contributed by atoms with Gasteiger partial charge in [-0.25, -0.2) is 13.6 Å². The van der Waals surface area contributed by atoms with E-state index < -0.39 is 81.8 Å². The zero-order valence-electron chi connectivity index (χ0n) is 25.5. The SMILES string of the molecule is [2H]C([2H])=C([2H])C(=O)N1[C@H](C)CN(c2nc(=O)n3c4c(c(-c5cc(Cl)c(F)cc5F)c(C(F)(F)F)cc24)SC[C@@H]3COC)C[C@@H]1C. The lowest BCUT2D eigenvalue weighted by molar-refractivity contribution is -0.137. The molecule has 2 aliphatic rings. The van der Waals surface area contributed by atoms with Gasteiger partial charge in [0.1, 0.15) is 17.5 Å². The Labute approximate surface area is 251 Å². The van der Waals surface area contributed by atoms with Gasteiger partial charge in [-0.15, -0.1) is 11.8 Å². The Hall–Kier alpha value is -3.16. The van der Waals surface area contributed by atoms with Crippen molar-refractivity contribution in [2.45, 2.75) is 43.0 Å². The predicted octanol–water partition coefficient (Wildman–Crippen LogP) is 5.92. The van der Waals surface area contributed by atoms with Crippen LogP contribution in [0.1, 0.15) is 29.6 Å². The molecule has 0 saturated carbocycles. The number of thioether (sulfide) groups is 1. The number of carbonyl (C=O) groups excluding carboxylic acids is 1. The molecule has 5 rings (SSSR count). The highest BCUT2D eigenvalue weighted by molar-refractivity contribution is 7.99. The molecule has 3 heterocycles. The van der Waals surface area contributed by atoms with E-state index in [9.17, 15) is 27.2 Å². The smallest absolute Gasteiger partial charge is 0.383 e. The largest absolute Gasteiger partial charge is 0.417 e. The third kappa shape index (κ3) is 5.05. The lowest BCUT2D eigenvalue weighted by Gasteiger charge is -2.45. The molecule has 224 valence electrons. The van der Waals surface area contributed by atoms with E-state index in [4.69, 9.17) is 20.5 Å². The summed E-state index contributed by atoms with van der Waals surface area (Å²) in [5.74, 6) is -3.26. The minimum absolute atomic E-state index is 0.00444. The number of hydrogen-bond acceptors (Lipinski definition) is 6. The molecule has 1 saturated heterocycles. The number of methoxy groups -OCH3 is 1. The highest BCUT2D eigenvalue weighted by atomic mass is 35.5. The molecule has 2 aliphatic heterocycles. The lowest BCUT2D eigenvalue weighted by Crippen LogP contribution is -2.58. The Morgan fingerprint density at radius 2 is 1.95 bits per heavy atom. The summed E-state index contributed by atoms with van der Waals surface area (Å²) in [4.78, 5) is 33.5. The first-order valence-electron chi connectivity index (χ1n) is 14.3. The second-order valence-electron chi connectivity index (χ2n) is 10.2. The van der Waals surface area contributed by atoms with Crippen molar-refractivity contribution in [2.75, 3.05) is 37.5 Å². The Balaban J connectivity index is 1.79. The van der Waals surface area contributed by atoms with Gasteiger partial charge >= 0.3 is 11.9 Å². The molecule has 3 aromatic rings. The van der Waals surface area contributed by atoms with Crippen LogP contribution in [0.2, 0.25) is 5.02 Å². The van der Waals surface area contributed by atoms with Crippen LogP contribution in [0.15, 0.2) is 40.5 Å². The highest BCUT2D eigenvalue weighted by Crippen LogP contribution is 2.50. The van der Waals surface area contributed by atoms with Crippen molar-refractivity contribution in [3.8, 4) is 11.1 Å². The fourth-order valence-electron chi connectivity index (χ4n) is 5.81. The van der Waals surface area contributed by atoms with Gasteiger partial charge in [0.05, 0.1) is 32.9 Å². The molecule has 1 aromatic heterocycles. The quantitative estimate of drug-likeness (QED) is 0.198. The average Bonchev–Trinajstić information content (AvgIpc) is 2.95. The van der Waals surface area contributed by atoms with E-state index in [0.717, 1.165) is 23.9 Å². The van der Waals surface area contributed by atoms with Crippen LogP contribution in [-0.2, 0) is 15.7 Å². The first kappa shape index (κ1) is 26.5. The molecular weight excluding hydrogens is 603 g/mol. The van der Waals surface area contributed by atoms with E-state index >= 15 is 4.39 Å². The van der Waals surface area contributed by atoms with Gasteiger partial charge in [0, 0.05) is 65.5 Å². The van der Waals surface area contributed by atoms with E-state index in [1.54, 1.807) is 18.7 Å². The van der Waals surface area contributed by atoms with Gasteiger partial charge in [-0.1, -0.05) is 18.1 Å². The third-order valence-corrected chi connectivity index (χ3v) is 8.96. The van der Waals surface area contributed by atoms with Crippen molar-refractivity contribution in [3.63, 3.8) is 0 Å². The molecule has 0 spiro atoms. The number of carbonyl (C=O) groups is 1. The molecule has 1 amide bonds. The predicted molar refractivity (Wildman–Crippen MR) is 151 cm³/mol. The molecule has 42 heavy (non-hydrogen) atoms. The minimum Gasteiger partial charge on any atom is -0.383 e. The first-order valence-corrected chi connectivity index (χ1v) is 14.1. The van der Waals surface area contributed by atoms with E-state index in [1.165, 1.54) is 16.6 Å². The molecule has 0 radical (unpaired) electrons. The molecule has 0 bridgehead atoms. The topological polar surface area (TPSA) is 67.7 Å². The van der Waals surface area contributed by atoms with E-state index in [1.807, 2.05) is 0 Å². The molecule has 0 unspecified atom stereocenters. The Morgan fingerprint density at radius 1 is 1.26 bits per heavy atom. The van der Waals surface area contributed by atoms with Crippen molar-refractivity contribution in [1.82, 2.24) is 14.5 Å². The van der Waals surface area contributed by atoms with E-state index in [-0.39, 0.29) is 47.1 Å². The van der Waals surface area contributed by atoms with Crippen molar-refractivity contribution in [1.29, 1.82) is 0 Å². The van der Waals surface area contributed by atoms with Gasteiger partial charge in [0.25, 0.3) is 0 Å². The van der Waals surface area contributed by atoms with Crippen LogP contribution in [0.4, 0.5) is 27.8 Å². The van der Waals surface area contributed by atoms with Gasteiger partial charge in [0.2, 0.25) is 5.91 Å². The molecular formula is C28H26ClF5N4O3S. The summed E-state index contributed by atoms with van der Waals surface area (Å²) in [5, 5.41) is -0.635. The summed E-state index contributed by atoms with van der Waals surface area (Å²) < 4.78 is 103. The maximum absolute atomic E-state index is 15.2. The van der Waals surface area contributed by atoms with Gasteiger partial charge in [0.15, 0.2) is 0 Å². The summed E-state index contributed by atoms with van der Waals surface area (Å²) in [6.07, 6.45) is -5.03. The van der Waals surface area contributed by atoms with Gasteiger partial charge in [-0.2, -0.15) is 18.2 Å².